The van der Waals surface area contributed by atoms with Crippen LogP contribution in [0.4, 0.5) is 9.59 Å². The first-order chi connectivity index (χ1) is 16.4. The van der Waals surface area contributed by atoms with Gasteiger partial charge in [0.1, 0.15) is 20.0 Å². The largest absolute Gasteiger partial charge is 0.508 e. The first kappa shape index (κ1) is 30.7. The maximum Gasteiger partial charge on any atom is 0.508 e. The van der Waals surface area contributed by atoms with Gasteiger partial charge in [-0.25, -0.2) is 9.59 Å². The van der Waals surface area contributed by atoms with Crippen molar-refractivity contribution in [3.63, 3.8) is 0 Å². The van der Waals surface area contributed by atoms with Gasteiger partial charge in [0.05, 0.1) is 13.2 Å². The molecule has 0 aliphatic rings. The Bertz CT molecular complexity index is 696. The maximum absolute atomic E-state index is 11.2. The second-order valence-corrected chi connectivity index (χ2v) is 8.11. The molecule has 2 rings (SSSR count). The van der Waals surface area contributed by atoms with Crippen LogP contribution in [0.25, 0.3) is 0 Å². The number of benzene rings is 2. The predicted octanol–water partition coefficient (Wildman–Crippen LogP) is 6.59. The Morgan fingerprint density at radius 2 is 0.941 bits per heavy atom. The van der Waals surface area contributed by atoms with Crippen LogP contribution in [0.5, 0.6) is 0 Å². The van der Waals surface area contributed by atoms with Gasteiger partial charge in [0.2, 0.25) is 0 Å². The number of carbonyl (C=O) groups excluding carboxylic acids is 3. The zero-order valence-electron chi connectivity index (χ0n) is 20.7. The van der Waals surface area contributed by atoms with E-state index in [2.05, 4.69) is 27.7 Å². The van der Waals surface area contributed by atoms with Crippen LogP contribution >= 0.6 is 0 Å². The van der Waals surface area contributed by atoms with Crippen LogP contribution in [-0.2, 0) is 37.0 Å². The summed E-state index contributed by atoms with van der Waals surface area (Å²) in [6.45, 7) is 11.7. The highest BCUT2D eigenvalue weighted by Gasteiger charge is 2.05. The van der Waals surface area contributed by atoms with Gasteiger partial charge in [-0.1, -0.05) is 88.4 Å². The molecule has 34 heavy (non-hydrogen) atoms. The number of rotatable bonds is 10. The standard InChI is InChI=1S/2C13H18O3.CH2O/c2*1-11(2)8-9-15-13(14)16-10-12-6-4-3-5-7-12;1-2/h2*3-7,11H,8-10H2,1-2H3;1H2. The number of hydrogen-bond acceptors (Lipinski definition) is 7. The predicted molar refractivity (Wildman–Crippen MR) is 131 cm³/mol. The van der Waals surface area contributed by atoms with Crippen molar-refractivity contribution < 1.29 is 33.3 Å². The van der Waals surface area contributed by atoms with Crippen LogP contribution in [0.15, 0.2) is 60.7 Å². The summed E-state index contributed by atoms with van der Waals surface area (Å²) in [6, 6.07) is 19.1. The molecule has 0 fully saturated rings. The molecule has 0 aliphatic carbocycles. The summed E-state index contributed by atoms with van der Waals surface area (Å²) in [6.07, 6.45) is 0.537. The molecule has 0 N–H and O–H groups in total. The minimum Gasteiger partial charge on any atom is -0.434 e. The molecule has 0 saturated carbocycles. The van der Waals surface area contributed by atoms with Gasteiger partial charge in [0, 0.05) is 0 Å². The minimum absolute atomic E-state index is 0.265. The normalized spacial score (nSPS) is 9.71. The maximum atomic E-state index is 11.2. The van der Waals surface area contributed by atoms with E-state index in [0.717, 1.165) is 24.0 Å². The Kier molecular flexibility index (Phi) is 18.3. The number of ether oxygens (including phenoxy) is 4. The average Bonchev–Trinajstić information content (AvgIpc) is 2.84. The van der Waals surface area contributed by atoms with E-state index in [4.69, 9.17) is 23.7 Å². The van der Waals surface area contributed by atoms with E-state index in [9.17, 15) is 9.59 Å². The molecule has 0 amide bonds. The van der Waals surface area contributed by atoms with E-state index in [0.29, 0.717) is 25.0 Å². The zero-order chi connectivity index (χ0) is 25.6. The van der Waals surface area contributed by atoms with Crippen LogP contribution in [0.2, 0.25) is 0 Å². The summed E-state index contributed by atoms with van der Waals surface area (Å²) in [7, 11) is 0. The summed E-state index contributed by atoms with van der Waals surface area (Å²) in [4.78, 5) is 30.3. The lowest BCUT2D eigenvalue weighted by Crippen LogP contribution is -2.09. The summed E-state index contributed by atoms with van der Waals surface area (Å²) in [5.41, 5.74) is 1.92. The third-order valence-electron chi connectivity index (χ3n) is 4.23. The van der Waals surface area contributed by atoms with Crippen molar-refractivity contribution in [2.24, 2.45) is 11.8 Å². The Hall–Kier alpha value is -3.35. The molecule has 0 aliphatic heterocycles. The minimum atomic E-state index is -0.593. The van der Waals surface area contributed by atoms with Gasteiger partial charge in [0.25, 0.3) is 0 Å². The highest BCUT2D eigenvalue weighted by molar-refractivity contribution is 5.60. The highest BCUT2D eigenvalue weighted by Crippen LogP contribution is 2.04. The van der Waals surface area contributed by atoms with Crippen molar-refractivity contribution in [3.8, 4) is 0 Å². The van der Waals surface area contributed by atoms with Gasteiger partial charge < -0.3 is 23.7 Å². The van der Waals surface area contributed by atoms with E-state index in [1.54, 1.807) is 0 Å². The van der Waals surface area contributed by atoms with Crippen LogP contribution in [-0.4, -0.2) is 32.3 Å². The lowest BCUT2D eigenvalue weighted by atomic mass is 10.1. The number of carbonyl (C=O) groups is 3. The van der Waals surface area contributed by atoms with E-state index in [1.807, 2.05) is 67.5 Å². The van der Waals surface area contributed by atoms with Gasteiger partial charge in [-0.05, 0) is 35.8 Å². The summed E-state index contributed by atoms with van der Waals surface area (Å²) in [5, 5.41) is 0. The molecular weight excluding hydrogens is 436 g/mol. The van der Waals surface area contributed by atoms with Crippen LogP contribution in [0, 0.1) is 11.8 Å². The van der Waals surface area contributed by atoms with Gasteiger partial charge in [0.15, 0.2) is 0 Å². The quantitative estimate of drug-likeness (QED) is 0.359. The van der Waals surface area contributed by atoms with Gasteiger partial charge in [-0.2, -0.15) is 0 Å². The van der Waals surface area contributed by atoms with Crippen LogP contribution < -0.4 is 0 Å². The van der Waals surface area contributed by atoms with E-state index in [1.165, 1.54) is 0 Å². The molecule has 7 heteroatoms. The Labute approximate surface area is 203 Å². The summed E-state index contributed by atoms with van der Waals surface area (Å²) < 4.78 is 19.7. The highest BCUT2D eigenvalue weighted by atomic mass is 16.7. The molecule has 0 heterocycles. The van der Waals surface area contributed by atoms with Gasteiger partial charge in [-0.15, -0.1) is 0 Å². The van der Waals surface area contributed by atoms with E-state index in [-0.39, 0.29) is 13.2 Å². The van der Waals surface area contributed by atoms with Gasteiger partial charge in [-0.3, -0.25) is 0 Å². The molecule has 7 nitrogen and oxygen atoms in total. The first-order valence-electron chi connectivity index (χ1n) is 11.3. The molecule has 0 spiro atoms. The van der Waals surface area contributed by atoms with Crippen molar-refractivity contribution in [1.29, 1.82) is 0 Å². The summed E-state index contributed by atoms with van der Waals surface area (Å²) >= 11 is 0. The Balaban J connectivity index is 0.000000597. The first-order valence-corrected chi connectivity index (χ1v) is 11.3. The molecule has 0 bridgehead atoms. The fourth-order valence-corrected chi connectivity index (χ4v) is 2.27. The second kappa shape index (κ2) is 20.3. The molecule has 0 unspecified atom stereocenters. The summed E-state index contributed by atoms with van der Waals surface area (Å²) in [5.74, 6) is 1.06. The zero-order valence-corrected chi connectivity index (χ0v) is 20.7. The second-order valence-electron chi connectivity index (χ2n) is 8.11. The van der Waals surface area contributed by atoms with E-state index >= 15 is 0 Å². The fraction of sp³-hybridized carbons (Fsp3) is 0.444. The molecular formula is C27H38O7. The van der Waals surface area contributed by atoms with Crippen molar-refractivity contribution >= 4 is 19.1 Å². The third-order valence-corrected chi connectivity index (χ3v) is 4.23. The molecule has 2 aromatic carbocycles. The topological polar surface area (TPSA) is 88.1 Å². The Morgan fingerprint density at radius 3 is 1.24 bits per heavy atom. The Morgan fingerprint density at radius 1 is 0.618 bits per heavy atom. The monoisotopic (exact) mass is 474 g/mol. The SMILES string of the molecule is C=O.CC(C)CCOC(=O)OCc1ccccc1.CC(C)CCOC(=O)OCc1ccccc1. The van der Waals surface area contributed by atoms with Crippen molar-refractivity contribution in [1.82, 2.24) is 0 Å². The molecule has 188 valence electrons. The molecule has 0 radical (unpaired) electrons. The number of hydrogen-bond donors (Lipinski definition) is 0. The lowest BCUT2D eigenvalue weighted by molar-refractivity contribution is -0.0980. The molecule has 0 aromatic heterocycles. The van der Waals surface area contributed by atoms with Gasteiger partial charge >= 0.3 is 12.3 Å². The lowest BCUT2D eigenvalue weighted by Gasteiger charge is -2.07. The van der Waals surface area contributed by atoms with E-state index < -0.39 is 12.3 Å². The van der Waals surface area contributed by atoms with Crippen molar-refractivity contribution in [2.45, 2.75) is 53.8 Å². The third kappa shape index (κ3) is 18.2. The molecule has 0 atom stereocenters. The van der Waals surface area contributed by atoms with Crippen LogP contribution in [0.1, 0.15) is 51.7 Å². The molecule has 0 saturated heterocycles. The van der Waals surface area contributed by atoms with Crippen molar-refractivity contribution in [2.75, 3.05) is 13.2 Å². The smallest absolute Gasteiger partial charge is 0.434 e. The van der Waals surface area contributed by atoms with Crippen LogP contribution in [0.3, 0.4) is 0 Å². The fourth-order valence-electron chi connectivity index (χ4n) is 2.27. The average molecular weight is 475 g/mol. The molecule has 2 aromatic rings. The van der Waals surface area contributed by atoms with Crippen molar-refractivity contribution in [3.05, 3.63) is 71.8 Å².